The average Bonchev–Trinajstić information content (AvgIpc) is 2.29. The molecule has 0 heterocycles. The maximum Gasteiger partial charge on any atom is 0.272 e. The molecule has 0 spiro atoms. The van der Waals surface area contributed by atoms with Crippen molar-refractivity contribution in [2.75, 3.05) is 11.9 Å². The molecular weight excluding hydrogens is 253 g/mol. The highest BCUT2D eigenvalue weighted by atomic mass is 19.1. The van der Waals surface area contributed by atoms with E-state index in [2.05, 4.69) is 10.6 Å². The van der Waals surface area contributed by atoms with E-state index in [1.165, 1.54) is 12.1 Å². The first-order valence-electron chi connectivity index (χ1n) is 5.87. The van der Waals surface area contributed by atoms with Gasteiger partial charge in [-0.25, -0.2) is 4.39 Å². The summed E-state index contributed by atoms with van der Waals surface area (Å²) in [5.41, 5.74) is -0.163. The highest BCUT2D eigenvalue weighted by Gasteiger charge is 2.10. The summed E-state index contributed by atoms with van der Waals surface area (Å²) in [6.45, 7) is 3.95. The summed E-state index contributed by atoms with van der Waals surface area (Å²) >= 11 is 0. The molecule has 104 valence electrons. The first-order chi connectivity index (χ1) is 8.90. The Labute approximate surface area is 110 Å². The fraction of sp³-hybridized carbons (Fsp3) is 0.417. The third kappa shape index (κ3) is 4.90. The number of amides is 1. The molecule has 1 rings (SSSR count). The second-order valence-electron chi connectivity index (χ2n) is 4.32. The number of halogens is 1. The van der Waals surface area contributed by atoms with Crippen LogP contribution in [-0.4, -0.2) is 23.4 Å². The minimum Gasteiger partial charge on any atom is -0.382 e. The van der Waals surface area contributed by atoms with Crippen LogP contribution in [0.15, 0.2) is 18.2 Å². The van der Waals surface area contributed by atoms with Crippen molar-refractivity contribution in [3.63, 3.8) is 0 Å². The normalized spacial score (nSPS) is 10.3. The Balaban J connectivity index is 2.50. The minimum atomic E-state index is -0.710. The summed E-state index contributed by atoms with van der Waals surface area (Å²) in [7, 11) is 0. The summed E-state index contributed by atoms with van der Waals surface area (Å²) in [6, 6.07) is 3.40. The van der Waals surface area contributed by atoms with Crippen molar-refractivity contribution in [3.05, 3.63) is 34.1 Å². The van der Waals surface area contributed by atoms with E-state index in [1.54, 1.807) is 0 Å². The summed E-state index contributed by atoms with van der Waals surface area (Å²) in [6.07, 6.45) is 0.203. The molecule has 0 aliphatic carbocycles. The average molecular weight is 269 g/mol. The standard InChI is InChI=1S/C12H16FN3O3/c1-8(2)15-12(17)5-6-14-11-4-3-9(16(18)19)7-10(11)13/h3-4,7-8,14H,5-6H2,1-2H3,(H,15,17). The lowest BCUT2D eigenvalue weighted by Crippen LogP contribution is -2.31. The van der Waals surface area contributed by atoms with Gasteiger partial charge in [-0.3, -0.25) is 14.9 Å². The number of carbonyl (C=O) groups excluding carboxylic acids is 1. The Morgan fingerprint density at radius 2 is 2.16 bits per heavy atom. The molecule has 0 aromatic heterocycles. The SMILES string of the molecule is CC(C)NC(=O)CCNc1ccc([N+](=O)[O-])cc1F. The predicted molar refractivity (Wildman–Crippen MR) is 69.4 cm³/mol. The van der Waals surface area contributed by atoms with E-state index in [0.717, 1.165) is 6.07 Å². The van der Waals surface area contributed by atoms with E-state index in [-0.39, 0.29) is 36.3 Å². The summed E-state index contributed by atoms with van der Waals surface area (Å²) in [5.74, 6) is -0.844. The maximum absolute atomic E-state index is 13.5. The lowest BCUT2D eigenvalue weighted by molar-refractivity contribution is -0.385. The fourth-order valence-corrected chi connectivity index (χ4v) is 1.47. The van der Waals surface area contributed by atoms with E-state index in [0.29, 0.717) is 0 Å². The van der Waals surface area contributed by atoms with Gasteiger partial charge in [-0.15, -0.1) is 0 Å². The lowest BCUT2D eigenvalue weighted by Gasteiger charge is -2.10. The van der Waals surface area contributed by atoms with Gasteiger partial charge in [0.15, 0.2) is 5.82 Å². The van der Waals surface area contributed by atoms with Gasteiger partial charge in [-0.2, -0.15) is 0 Å². The van der Waals surface area contributed by atoms with Gasteiger partial charge < -0.3 is 10.6 Å². The van der Waals surface area contributed by atoms with Crippen LogP contribution in [0.1, 0.15) is 20.3 Å². The first-order valence-corrected chi connectivity index (χ1v) is 5.87. The van der Waals surface area contributed by atoms with Crippen molar-refractivity contribution in [1.82, 2.24) is 5.32 Å². The summed E-state index contributed by atoms with van der Waals surface area (Å²) < 4.78 is 13.5. The highest BCUT2D eigenvalue weighted by molar-refractivity contribution is 5.76. The molecule has 19 heavy (non-hydrogen) atoms. The third-order valence-electron chi connectivity index (χ3n) is 2.28. The Hall–Kier alpha value is -2.18. The number of benzene rings is 1. The zero-order valence-corrected chi connectivity index (χ0v) is 10.8. The van der Waals surface area contributed by atoms with Crippen LogP contribution in [0.2, 0.25) is 0 Å². The van der Waals surface area contributed by atoms with Crippen LogP contribution in [0.4, 0.5) is 15.8 Å². The molecule has 0 radical (unpaired) electrons. The van der Waals surface area contributed by atoms with Gasteiger partial charge >= 0.3 is 0 Å². The molecule has 2 N–H and O–H groups in total. The van der Waals surface area contributed by atoms with Crippen molar-refractivity contribution < 1.29 is 14.1 Å². The van der Waals surface area contributed by atoms with Crippen LogP contribution in [-0.2, 0) is 4.79 Å². The molecule has 7 heteroatoms. The molecule has 0 atom stereocenters. The summed E-state index contributed by atoms with van der Waals surface area (Å²) in [5, 5.41) is 15.9. The number of carbonyl (C=O) groups is 1. The molecule has 0 fully saturated rings. The number of nitro benzene ring substituents is 1. The molecule has 0 saturated heterocycles. The number of non-ortho nitro benzene ring substituents is 1. The van der Waals surface area contributed by atoms with Gasteiger partial charge in [-0.1, -0.05) is 0 Å². The monoisotopic (exact) mass is 269 g/mol. The van der Waals surface area contributed by atoms with Crippen LogP contribution in [0.25, 0.3) is 0 Å². The molecule has 1 aromatic carbocycles. The van der Waals surface area contributed by atoms with Gasteiger partial charge in [0.1, 0.15) is 0 Å². The van der Waals surface area contributed by atoms with Gasteiger partial charge in [0.05, 0.1) is 16.7 Å². The Kier molecular flexibility index (Phi) is 5.23. The molecule has 0 unspecified atom stereocenters. The number of nitrogens with zero attached hydrogens (tertiary/aromatic N) is 1. The summed E-state index contributed by atoms with van der Waals surface area (Å²) in [4.78, 5) is 21.1. The molecule has 1 aromatic rings. The minimum absolute atomic E-state index is 0.0589. The number of rotatable bonds is 6. The second-order valence-corrected chi connectivity index (χ2v) is 4.32. The topological polar surface area (TPSA) is 84.3 Å². The molecular formula is C12H16FN3O3. The zero-order valence-electron chi connectivity index (χ0n) is 10.8. The Morgan fingerprint density at radius 3 is 2.68 bits per heavy atom. The zero-order chi connectivity index (χ0) is 14.4. The quantitative estimate of drug-likeness (QED) is 0.611. The smallest absolute Gasteiger partial charge is 0.272 e. The van der Waals surface area contributed by atoms with E-state index < -0.39 is 10.7 Å². The molecule has 1 amide bonds. The van der Waals surface area contributed by atoms with Crippen LogP contribution in [0.5, 0.6) is 0 Å². The lowest BCUT2D eigenvalue weighted by atomic mass is 10.2. The van der Waals surface area contributed by atoms with Crippen molar-refractivity contribution in [1.29, 1.82) is 0 Å². The van der Waals surface area contributed by atoms with Crippen molar-refractivity contribution in [2.45, 2.75) is 26.3 Å². The maximum atomic E-state index is 13.5. The van der Waals surface area contributed by atoms with Crippen LogP contribution in [0.3, 0.4) is 0 Å². The van der Waals surface area contributed by atoms with Crippen LogP contribution < -0.4 is 10.6 Å². The molecule has 0 aliphatic heterocycles. The first kappa shape index (κ1) is 14.9. The Morgan fingerprint density at radius 1 is 1.47 bits per heavy atom. The van der Waals surface area contributed by atoms with Gasteiger partial charge in [0.25, 0.3) is 5.69 Å². The van der Waals surface area contributed by atoms with Crippen LogP contribution >= 0.6 is 0 Å². The number of nitro groups is 1. The van der Waals surface area contributed by atoms with Gasteiger partial charge in [0.2, 0.25) is 5.91 Å². The van der Waals surface area contributed by atoms with Crippen molar-refractivity contribution >= 4 is 17.3 Å². The van der Waals surface area contributed by atoms with Gasteiger partial charge in [0, 0.05) is 25.1 Å². The number of nitrogens with one attached hydrogen (secondary N) is 2. The molecule has 0 bridgehead atoms. The number of hydrogen-bond acceptors (Lipinski definition) is 4. The van der Waals surface area contributed by atoms with E-state index >= 15 is 0 Å². The van der Waals surface area contributed by atoms with E-state index in [1.807, 2.05) is 13.8 Å². The van der Waals surface area contributed by atoms with E-state index in [4.69, 9.17) is 0 Å². The Bertz CT molecular complexity index is 477. The highest BCUT2D eigenvalue weighted by Crippen LogP contribution is 2.20. The van der Waals surface area contributed by atoms with E-state index in [9.17, 15) is 19.3 Å². The van der Waals surface area contributed by atoms with Crippen LogP contribution in [0, 0.1) is 15.9 Å². The molecule has 6 nitrogen and oxygen atoms in total. The van der Waals surface area contributed by atoms with Crippen molar-refractivity contribution in [2.24, 2.45) is 0 Å². The van der Waals surface area contributed by atoms with Crippen molar-refractivity contribution in [3.8, 4) is 0 Å². The van der Waals surface area contributed by atoms with Gasteiger partial charge in [-0.05, 0) is 19.9 Å². The third-order valence-corrected chi connectivity index (χ3v) is 2.28. The number of anilines is 1. The largest absolute Gasteiger partial charge is 0.382 e. The molecule has 0 aliphatic rings. The molecule has 0 saturated carbocycles. The predicted octanol–water partition coefficient (Wildman–Crippen LogP) is 2.06. The number of hydrogen-bond donors (Lipinski definition) is 2. The second kappa shape index (κ2) is 6.67. The fourth-order valence-electron chi connectivity index (χ4n) is 1.47.